The molecule has 1 aliphatic rings. The maximum absolute atomic E-state index is 13.6. The summed E-state index contributed by atoms with van der Waals surface area (Å²) < 4.78 is 12.0. The molecule has 3 aromatic carbocycles. The number of hydrogen-bond donors (Lipinski definition) is 1. The van der Waals surface area contributed by atoms with Crippen molar-refractivity contribution < 1.29 is 24.2 Å². The molecule has 1 atom stereocenters. The van der Waals surface area contributed by atoms with Crippen LogP contribution in [0.3, 0.4) is 0 Å². The number of anilines is 1. The Hall–Kier alpha value is -4.12. The van der Waals surface area contributed by atoms with E-state index in [2.05, 4.69) is 16.8 Å². The molecular formula is C32H28ClN3O5S2. The quantitative estimate of drug-likeness (QED) is 0.0428. The molecule has 1 N–H and O–H groups in total. The summed E-state index contributed by atoms with van der Waals surface area (Å²) in [4.78, 5) is 28.4. The van der Waals surface area contributed by atoms with Gasteiger partial charge in [-0.3, -0.25) is 14.5 Å². The third-order valence-corrected chi connectivity index (χ3v) is 8.84. The van der Waals surface area contributed by atoms with Crippen molar-refractivity contribution in [1.29, 1.82) is 0 Å². The van der Waals surface area contributed by atoms with Crippen LogP contribution in [-0.4, -0.2) is 40.2 Å². The van der Waals surface area contributed by atoms with E-state index in [1.54, 1.807) is 54.6 Å². The number of Topliss-reactive ketones (excluding diaryl/α,β-unsaturated/α-hetero) is 1. The molecule has 0 radical (unpaired) electrons. The minimum absolute atomic E-state index is 0.0568. The monoisotopic (exact) mass is 633 g/mol. The summed E-state index contributed by atoms with van der Waals surface area (Å²) in [6.07, 6.45) is 2.48. The third-order valence-electron chi connectivity index (χ3n) is 6.46. The highest BCUT2D eigenvalue weighted by molar-refractivity contribution is 8.00. The van der Waals surface area contributed by atoms with Gasteiger partial charge >= 0.3 is 5.91 Å². The van der Waals surface area contributed by atoms with Crippen LogP contribution in [0, 0.1) is 0 Å². The lowest BCUT2D eigenvalue weighted by Gasteiger charge is -2.23. The van der Waals surface area contributed by atoms with Crippen LogP contribution in [-0.2, 0) is 15.3 Å². The van der Waals surface area contributed by atoms with Crippen molar-refractivity contribution in [2.45, 2.75) is 29.5 Å². The van der Waals surface area contributed by atoms with Crippen LogP contribution in [0.2, 0.25) is 5.02 Å². The topological polar surface area (TPSA) is 102 Å². The number of halogens is 1. The minimum atomic E-state index is -0.967. The molecule has 1 aliphatic heterocycles. The first kappa shape index (κ1) is 30.3. The van der Waals surface area contributed by atoms with Gasteiger partial charge in [0.25, 0.3) is 5.78 Å². The first-order valence-corrected chi connectivity index (χ1v) is 15.7. The molecule has 220 valence electrons. The fourth-order valence-corrected chi connectivity index (χ4v) is 6.39. The van der Waals surface area contributed by atoms with Crippen molar-refractivity contribution in [2.75, 3.05) is 18.1 Å². The molecule has 0 aliphatic carbocycles. The molecular weight excluding hydrogens is 606 g/mol. The molecule has 1 amide bonds. The molecule has 8 nitrogen and oxygen atoms in total. The zero-order valence-corrected chi connectivity index (χ0v) is 25.6. The highest BCUT2D eigenvalue weighted by Crippen LogP contribution is 2.44. The van der Waals surface area contributed by atoms with E-state index in [1.807, 2.05) is 31.2 Å². The average Bonchev–Trinajstić information content (AvgIpc) is 3.60. The third kappa shape index (κ3) is 6.93. The van der Waals surface area contributed by atoms with Crippen LogP contribution in [0.4, 0.5) is 5.13 Å². The van der Waals surface area contributed by atoms with Crippen molar-refractivity contribution in [3.8, 4) is 11.5 Å². The van der Waals surface area contributed by atoms with Gasteiger partial charge in [0.05, 0.1) is 18.2 Å². The van der Waals surface area contributed by atoms with E-state index in [0.29, 0.717) is 44.3 Å². The second kappa shape index (κ2) is 13.9. The largest absolute Gasteiger partial charge is 0.507 e. The van der Waals surface area contributed by atoms with Gasteiger partial charge in [0.15, 0.2) is 4.34 Å². The summed E-state index contributed by atoms with van der Waals surface area (Å²) in [5, 5.41) is 20.9. The van der Waals surface area contributed by atoms with Crippen LogP contribution in [0.15, 0.2) is 95.4 Å². The number of thioether (sulfide) groups is 1. The van der Waals surface area contributed by atoms with E-state index in [0.717, 1.165) is 12.0 Å². The number of benzene rings is 3. The maximum atomic E-state index is 13.6. The van der Waals surface area contributed by atoms with Gasteiger partial charge in [-0.05, 0) is 66.1 Å². The number of aromatic nitrogens is 2. The van der Waals surface area contributed by atoms with Gasteiger partial charge in [-0.15, -0.1) is 10.2 Å². The Morgan fingerprint density at radius 2 is 1.84 bits per heavy atom. The first-order chi connectivity index (χ1) is 20.9. The van der Waals surface area contributed by atoms with Gasteiger partial charge in [0.2, 0.25) is 5.13 Å². The predicted molar refractivity (Wildman–Crippen MR) is 170 cm³/mol. The van der Waals surface area contributed by atoms with Crippen LogP contribution >= 0.6 is 34.7 Å². The summed E-state index contributed by atoms with van der Waals surface area (Å²) >= 11 is 8.65. The fraction of sp³-hybridized carbons (Fsp3) is 0.188. The van der Waals surface area contributed by atoms with E-state index < -0.39 is 17.7 Å². The Kier molecular flexibility index (Phi) is 9.81. The zero-order chi connectivity index (χ0) is 30.3. The molecule has 1 saturated heterocycles. The van der Waals surface area contributed by atoms with Crippen LogP contribution in [0.5, 0.6) is 11.5 Å². The lowest BCUT2D eigenvalue weighted by atomic mass is 9.95. The number of hydrogen-bond acceptors (Lipinski definition) is 9. The molecule has 11 heteroatoms. The van der Waals surface area contributed by atoms with Gasteiger partial charge in [0.1, 0.15) is 23.9 Å². The van der Waals surface area contributed by atoms with Crippen molar-refractivity contribution in [2.24, 2.45) is 0 Å². The molecule has 1 aromatic heterocycles. The molecule has 1 fully saturated rings. The van der Waals surface area contributed by atoms with E-state index >= 15 is 0 Å². The number of ketones is 1. The van der Waals surface area contributed by atoms with Crippen LogP contribution < -0.4 is 14.4 Å². The number of carbonyl (C=O) groups is 2. The summed E-state index contributed by atoms with van der Waals surface area (Å²) in [6.45, 7) is 6.53. The molecule has 5 rings (SSSR count). The lowest BCUT2D eigenvalue weighted by molar-refractivity contribution is -0.132. The van der Waals surface area contributed by atoms with Crippen molar-refractivity contribution in [3.63, 3.8) is 0 Å². The summed E-state index contributed by atoms with van der Waals surface area (Å²) in [5.41, 5.74) is 1.94. The average molecular weight is 634 g/mol. The van der Waals surface area contributed by atoms with Crippen molar-refractivity contribution in [1.82, 2.24) is 10.2 Å². The Morgan fingerprint density at radius 1 is 1.07 bits per heavy atom. The number of amides is 1. The van der Waals surface area contributed by atoms with Crippen molar-refractivity contribution >= 4 is 57.3 Å². The Morgan fingerprint density at radius 3 is 2.56 bits per heavy atom. The molecule has 1 unspecified atom stereocenters. The van der Waals surface area contributed by atoms with E-state index in [-0.39, 0.29) is 23.1 Å². The van der Waals surface area contributed by atoms with E-state index in [4.69, 9.17) is 21.1 Å². The standard InChI is InChI=1S/C32H28ClN3O5S2/c1-3-16-40-24-14-10-21(11-15-24)28(37)26-27(22-6-5-7-25(18-22)41-17-4-2)36(30(39)29(26)38)31-34-35-32(43-31)42-19-20-8-12-23(33)13-9-20/h4-15,18,27,37H,2-3,16-17,19H2,1H3/b28-26+. The number of rotatable bonds is 12. The lowest BCUT2D eigenvalue weighted by Crippen LogP contribution is -2.29. The smallest absolute Gasteiger partial charge is 0.301 e. The first-order valence-electron chi connectivity index (χ1n) is 13.5. The normalized spacial score (nSPS) is 16.0. The second-order valence-corrected chi connectivity index (χ2v) is 12.1. The number of ether oxygens (including phenoxy) is 2. The van der Waals surface area contributed by atoms with Crippen LogP contribution in [0.25, 0.3) is 5.76 Å². The van der Waals surface area contributed by atoms with E-state index in [1.165, 1.54) is 28.0 Å². The fourth-order valence-electron chi connectivity index (χ4n) is 4.44. The van der Waals surface area contributed by atoms with Gasteiger partial charge < -0.3 is 14.6 Å². The summed E-state index contributed by atoms with van der Waals surface area (Å²) in [5.74, 6) is -0.146. The predicted octanol–water partition coefficient (Wildman–Crippen LogP) is 7.46. The SMILES string of the molecule is C=CCOc1cccc(C2/C(=C(\O)c3ccc(OCCC)cc3)C(=O)C(=O)N2c2nnc(SCc3ccc(Cl)cc3)s2)c1. The van der Waals surface area contributed by atoms with Gasteiger partial charge in [-0.25, -0.2) is 0 Å². The number of nitrogens with zero attached hydrogens (tertiary/aromatic N) is 3. The number of aliphatic hydroxyl groups is 1. The Labute approximate surface area is 262 Å². The molecule has 0 saturated carbocycles. The Bertz CT molecular complexity index is 1650. The number of aliphatic hydroxyl groups excluding tert-OH is 1. The van der Waals surface area contributed by atoms with Crippen LogP contribution in [0.1, 0.15) is 36.1 Å². The summed E-state index contributed by atoms with van der Waals surface area (Å²) in [6, 6.07) is 20.3. The molecule has 0 bridgehead atoms. The van der Waals surface area contributed by atoms with Gasteiger partial charge in [-0.2, -0.15) is 0 Å². The highest BCUT2D eigenvalue weighted by atomic mass is 35.5. The molecule has 2 heterocycles. The van der Waals surface area contributed by atoms with E-state index in [9.17, 15) is 14.7 Å². The molecule has 43 heavy (non-hydrogen) atoms. The van der Waals surface area contributed by atoms with Crippen molar-refractivity contribution in [3.05, 3.63) is 113 Å². The van der Waals surface area contributed by atoms with Gasteiger partial charge in [-0.1, -0.05) is 78.5 Å². The maximum Gasteiger partial charge on any atom is 0.301 e. The molecule has 0 spiro atoms. The zero-order valence-electron chi connectivity index (χ0n) is 23.2. The minimum Gasteiger partial charge on any atom is -0.507 e. The number of carbonyl (C=O) groups excluding carboxylic acids is 2. The van der Waals surface area contributed by atoms with Gasteiger partial charge in [0, 0.05) is 16.3 Å². The second-order valence-electron chi connectivity index (χ2n) is 9.48. The molecule has 4 aromatic rings. The Balaban J connectivity index is 1.52. The highest BCUT2D eigenvalue weighted by Gasteiger charge is 2.48. The summed E-state index contributed by atoms with van der Waals surface area (Å²) in [7, 11) is 0.